The van der Waals surface area contributed by atoms with Crippen LogP contribution in [0.25, 0.3) is 55.0 Å². The lowest BCUT2D eigenvalue weighted by Gasteiger charge is -2.18. The molecule has 7 rings (SSSR count). The first-order valence-electron chi connectivity index (χ1n) is 13.0. The summed E-state index contributed by atoms with van der Waals surface area (Å²) < 4.78 is 0. The minimum Gasteiger partial charge on any atom is -0.345 e. The Hall–Kier alpha value is -3.92. The Morgan fingerprint density at radius 2 is 1.33 bits per heavy atom. The summed E-state index contributed by atoms with van der Waals surface area (Å²) in [5.74, 6) is 2.92. The van der Waals surface area contributed by atoms with Gasteiger partial charge < -0.3 is 9.97 Å². The van der Waals surface area contributed by atoms with E-state index in [-0.39, 0.29) is 0 Å². The number of hydrogen-bond donors (Lipinski definition) is 2. The number of aromatic nitrogens is 4. The molecule has 1 aliphatic carbocycles. The van der Waals surface area contributed by atoms with Crippen molar-refractivity contribution < 1.29 is 0 Å². The molecule has 2 N–H and O–H groups in total. The average molecular weight is 471 g/mol. The quantitative estimate of drug-likeness (QED) is 0.273. The fraction of sp³-hybridized carbons (Fsp3) is 0.250. The predicted octanol–water partition coefficient (Wildman–Crippen LogP) is 8.27. The van der Waals surface area contributed by atoms with Gasteiger partial charge in [0.1, 0.15) is 11.6 Å². The van der Waals surface area contributed by atoms with Gasteiger partial charge in [-0.3, -0.25) is 0 Å². The van der Waals surface area contributed by atoms with Gasteiger partial charge in [-0.2, -0.15) is 0 Å². The van der Waals surface area contributed by atoms with Crippen molar-refractivity contribution in [3.8, 4) is 22.4 Å². The van der Waals surface area contributed by atoms with E-state index in [1.807, 2.05) is 0 Å². The molecular weight excluding hydrogens is 440 g/mol. The second-order valence-electron chi connectivity index (χ2n) is 10.8. The highest BCUT2D eigenvalue weighted by molar-refractivity contribution is 6.05. The lowest BCUT2D eigenvalue weighted by atomic mass is 9.87. The number of imidazole rings is 2. The number of rotatable bonds is 3. The van der Waals surface area contributed by atoms with Gasteiger partial charge in [0.15, 0.2) is 0 Å². The highest BCUT2D eigenvalue weighted by Gasteiger charge is 2.23. The molecule has 1 aliphatic rings. The van der Waals surface area contributed by atoms with Crippen molar-refractivity contribution in [1.82, 2.24) is 19.9 Å². The minimum atomic E-state index is 0.381. The van der Waals surface area contributed by atoms with Gasteiger partial charge in [0.05, 0.1) is 16.7 Å². The number of aryl methyl sites for hydroxylation is 2. The van der Waals surface area contributed by atoms with Crippen molar-refractivity contribution >= 4 is 32.6 Å². The zero-order valence-corrected chi connectivity index (χ0v) is 21.2. The molecule has 4 nitrogen and oxygen atoms in total. The summed E-state index contributed by atoms with van der Waals surface area (Å²) in [6.07, 6.45) is 2.07. The molecule has 4 heteroatoms. The molecule has 0 spiro atoms. The Morgan fingerprint density at radius 1 is 0.667 bits per heavy atom. The minimum absolute atomic E-state index is 0.381. The molecule has 0 fully saturated rings. The van der Waals surface area contributed by atoms with E-state index in [0.29, 0.717) is 11.8 Å². The van der Waals surface area contributed by atoms with Crippen LogP contribution in [0.4, 0.5) is 0 Å². The van der Waals surface area contributed by atoms with E-state index >= 15 is 0 Å². The van der Waals surface area contributed by atoms with Gasteiger partial charge in [0.2, 0.25) is 0 Å². The highest BCUT2D eigenvalue weighted by atomic mass is 14.9. The Balaban J connectivity index is 1.31. The van der Waals surface area contributed by atoms with E-state index in [2.05, 4.69) is 98.3 Å². The first-order valence-corrected chi connectivity index (χ1v) is 13.0. The van der Waals surface area contributed by atoms with E-state index in [1.54, 1.807) is 0 Å². The molecule has 4 aromatic carbocycles. The Labute approximate surface area is 210 Å². The summed E-state index contributed by atoms with van der Waals surface area (Å²) >= 11 is 0. The lowest BCUT2D eigenvalue weighted by Crippen LogP contribution is -2.04. The molecule has 2 aromatic heterocycles. The van der Waals surface area contributed by atoms with Gasteiger partial charge in [-0.1, -0.05) is 70.2 Å². The molecule has 36 heavy (non-hydrogen) atoms. The molecule has 0 amide bonds. The molecule has 0 unspecified atom stereocenters. The maximum absolute atomic E-state index is 4.96. The van der Waals surface area contributed by atoms with Gasteiger partial charge in [0, 0.05) is 28.5 Å². The fourth-order valence-electron chi connectivity index (χ4n) is 5.70. The molecule has 178 valence electrons. The Kier molecular flexibility index (Phi) is 4.62. The van der Waals surface area contributed by atoms with Crippen LogP contribution in [0.3, 0.4) is 0 Å². The zero-order chi connectivity index (χ0) is 24.6. The van der Waals surface area contributed by atoms with Gasteiger partial charge in [-0.15, -0.1) is 0 Å². The van der Waals surface area contributed by atoms with Crippen LogP contribution < -0.4 is 0 Å². The largest absolute Gasteiger partial charge is 0.345 e. The first kappa shape index (κ1) is 21.4. The predicted molar refractivity (Wildman–Crippen MR) is 150 cm³/mol. The van der Waals surface area contributed by atoms with Gasteiger partial charge in [0.25, 0.3) is 0 Å². The first-order chi connectivity index (χ1) is 17.5. The molecule has 6 aromatic rings. The normalized spacial score (nSPS) is 13.3. The number of nitrogens with zero attached hydrogens (tertiary/aromatic N) is 2. The van der Waals surface area contributed by atoms with Gasteiger partial charge in [-0.25, -0.2) is 9.97 Å². The third-order valence-electron chi connectivity index (χ3n) is 7.73. The SMILES string of the molecule is CC(C)c1nc2c([nH]1)CCc1c-2ccc2cc(-c3ccc4c(ccc5nc(C(C)C)[nH]c54)c3)ccc12. The summed E-state index contributed by atoms with van der Waals surface area (Å²) in [5.41, 5.74) is 9.79. The molecule has 0 radical (unpaired) electrons. The lowest BCUT2D eigenvalue weighted by molar-refractivity contribution is 0.787. The van der Waals surface area contributed by atoms with Crippen LogP contribution in [0.2, 0.25) is 0 Å². The number of benzene rings is 4. The third-order valence-corrected chi connectivity index (χ3v) is 7.73. The van der Waals surface area contributed by atoms with E-state index in [9.17, 15) is 0 Å². The maximum atomic E-state index is 4.96. The van der Waals surface area contributed by atoms with E-state index < -0.39 is 0 Å². The summed E-state index contributed by atoms with van der Waals surface area (Å²) in [5, 5.41) is 5.09. The molecule has 2 heterocycles. The van der Waals surface area contributed by atoms with Gasteiger partial charge >= 0.3 is 0 Å². The van der Waals surface area contributed by atoms with Crippen molar-refractivity contribution in [2.45, 2.75) is 52.4 Å². The van der Waals surface area contributed by atoms with Crippen LogP contribution in [0.15, 0.2) is 60.7 Å². The smallest absolute Gasteiger partial charge is 0.109 e. The number of hydrogen-bond acceptors (Lipinski definition) is 2. The van der Waals surface area contributed by atoms with Crippen LogP contribution in [0, 0.1) is 0 Å². The van der Waals surface area contributed by atoms with Crippen LogP contribution in [0.5, 0.6) is 0 Å². The van der Waals surface area contributed by atoms with Crippen LogP contribution in [0.1, 0.15) is 62.4 Å². The van der Waals surface area contributed by atoms with Crippen LogP contribution in [-0.2, 0) is 12.8 Å². The van der Waals surface area contributed by atoms with Crippen LogP contribution >= 0.6 is 0 Å². The molecule has 0 aliphatic heterocycles. The molecular formula is C32H30N4. The number of fused-ring (bicyclic) bond motifs is 8. The number of aromatic amines is 2. The van der Waals surface area contributed by atoms with E-state index in [0.717, 1.165) is 41.2 Å². The summed E-state index contributed by atoms with van der Waals surface area (Å²) in [6.45, 7) is 8.73. The number of nitrogens with one attached hydrogen (secondary N) is 2. The molecule has 0 saturated carbocycles. The van der Waals surface area contributed by atoms with E-state index in [1.165, 1.54) is 49.5 Å². The zero-order valence-electron chi connectivity index (χ0n) is 21.2. The standard InChI is InChI=1S/C32H30N4/c1-17(2)31-33-27-13-8-22-16-20(6-10-24(22)29(27)35-31)19-5-9-23-21(15-19)7-11-26-25(23)12-14-28-30(26)36-32(34-28)18(3)4/h5-11,13,15-18H,12,14H2,1-4H3,(H,33,35)(H,34,36). The monoisotopic (exact) mass is 470 g/mol. The second-order valence-corrected chi connectivity index (χ2v) is 10.8. The second kappa shape index (κ2) is 7.79. The Morgan fingerprint density at radius 3 is 2.08 bits per heavy atom. The maximum Gasteiger partial charge on any atom is 0.109 e. The third kappa shape index (κ3) is 3.21. The van der Waals surface area contributed by atoms with Crippen molar-refractivity contribution in [3.05, 3.63) is 83.6 Å². The Bertz CT molecular complexity index is 1800. The summed E-state index contributed by atoms with van der Waals surface area (Å²) in [6, 6.07) is 22.5. The van der Waals surface area contributed by atoms with Crippen molar-refractivity contribution in [3.63, 3.8) is 0 Å². The number of H-pyrrole nitrogens is 2. The molecule has 0 bridgehead atoms. The van der Waals surface area contributed by atoms with Crippen LogP contribution in [-0.4, -0.2) is 19.9 Å². The fourth-order valence-corrected chi connectivity index (χ4v) is 5.70. The topological polar surface area (TPSA) is 57.4 Å². The van der Waals surface area contributed by atoms with Crippen molar-refractivity contribution in [1.29, 1.82) is 0 Å². The van der Waals surface area contributed by atoms with Gasteiger partial charge in [-0.05, 0) is 63.9 Å². The average Bonchev–Trinajstić information content (AvgIpc) is 3.53. The summed E-state index contributed by atoms with van der Waals surface area (Å²) in [7, 11) is 0. The van der Waals surface area contributed by atoms with Crippen molar-refractivity contribution in [2.24, 2.45) is 0 Å². The molecule has 0 atom stereocenters. The highest BCUT2D eigenvalue weighted by Crippen LogP contribution is 2.38. The summed E-state index contributed by atoms with van der Waals surface area (Å²) in [4.78, 5) is 16.9. The van der Waals surface area contributed by atoms with Crippen molar-refractivity contribution in [2.75, 3.05) is 0 Å². The molecule has 0 saturated heterocycles. The van der Waals surface area contributed by atoms with E-state index in [4.69, 9.17) is 9.97 Å².